The Bertz CT molecular complexity index is 723. The average molecular weight is 248 g/mol. The molecule has 3 nitrogen and oxygen atoms in total. The van der Waals surface area contributed by atoms with Crippen molar-refractivity contribution >= 4 is 16.7 Å². The Kier molecular flexibility index (Phi) is 3.02. The van der Waals surface area contributed by atoms with Crippen LogP contribution in [-0.4, -0.2) is 15.8 Å². The lowest BCUT2D eigenvalue weighted by Crippen LogP contribution is -2.04. The molecule has 0 saturated carbocycles. The van der Waals surface area contributed by atoms with Crippen LogP contribution in [0.1, 0.15) is 16.1 Å². The van der Waals surface area contributed by atoms with Crippen molar-refractivity contribution in [2.24, 2.45) is 0 Å². The Morgan fingerprint density at radius 1 is 0.947 bits per heavy atom. The van der Waals surface area contributed by atoms with E-state index in [2.05, 4.69) is 9.97 Å². The number of benzene rings is 1. The highest BCUT2D eigenvalue weighted by atomic mass is 16.1. The van der Waals surface area contributed by atoms with Crippen LogP contribution in [0.25, 0.3) is 10.9 Å². The normalized spacial score (nSPS) is 10.5. The van der Waals surface area contributed by atoms with Gasteiger partial charge in [0.2, 0.25) is 0 Å². The summed E-state index contributed by atoms with van der Waals surface area (Å²) in [5, 5.41) is 0.981. The van der Waals surface area contributed by atoms with Crippen LogP contribution < -0.4 is 0 Å². The van der Waals surface area contributed by atoms with Crippen molar-refractivity contribution in [2.75, 3.05) is 0 Å². The van der Waals surface area contributed by atoms with Gasteiger partial charge in [0, 0.05) is 29.0 Å². The summed E-state index contributed by atoms with van der Waals surface area (Å²) in [6.07, 6.45) is 3.78. The van der Waals surface area contributed by atoms with Gasteiger partial charge in [0.05, 0.1) is 11.9 Å². The molecule has 0 unspecified atom stereocenters. The molecule has 0 bridgehead atoms. The smallest absolute Gasteiger partial charge is 0.168 e. The Balaban J connectivity index is 1.89. The second kappa shape index (κ2) is 4.98. The molecule has 2 aromatic heterocycles. The van der Waals surface area contributed by atoms with E-state index in [4.69, 9.17) is 0 Å². The van der Waals surface area contributed by atoms with Gasteiger partial charge in [0.25, 0.3) is 0 Å². The average Bonchev–Trinajstić information content (AvgIpc) is 2.48. The Hall–Kier alpha value is -2.55. The minimum Gasteiger partial charge on any atom is -0.294 e. The summed E-state index contributed by atoms with van der Waals surface area (Å²) in [6, 6.07) is 15.0. The van der Waals surface area contributed by atoms with Gasteiger partial charge in [-0.05, 0) is 36.4 Å². The van der Waals surface area contributed by atoms with Crippen LogP contribution in [0.15, 0.2) is 60.9 Å². The zero-order chi connectivity index (χ0) is 13.1. The van der Waals surface area contributed by atoms with E-state index in [0.717, 1.165) is 16.6 Å². The second-order valence-electron chi connectivity index (χ2n) is 4.33. The van der Waals surface area contributed by atoms with Gasteiger partial charge in [-0.1, -0.05) is 12.1 Å². The number of nitrogens with zero attached hydrogens (tertiary/aromatic N) is 2. The summed E-state index contributed by atoms with van der Waals surface area (Å²) in [6.45, 7) is 0. The lowest BCUT2D eigenvalue weighted by atomic mass is 10.0. The SMILES string of the molecule is O=C(Cc1ccccn1)c1ccc2ncccc2c1. The minimum atomic E-state index is 0.0736. The van der Waals surface area contributed by atoms with Crippen molar-refractivity contribution in [3.8, 4) is 0 Å². The van der Waals surface area contributed by atoms with Crippen molar-refractivity contribution in [1.82, 2.24) is 9.97 Å². The van der Waals surface area contributed by atoms with Gasteiger partial charge in [-0.15, -0.1) is 0 Å². The van der Waals surface area contributed by atoms with Gasteiger partial charge < -0.3 is 0 Å². The standard InChI is InChI=1S/C16H12N2O/c19-16(11-14-5-1-2-8-17-14)13-6-7-15-12(10-13)4-3-9-18-15/h1-10H,11H2. The Morgan fingerprint density at radius 2 is 1.84 bits per heavy atom. The molecular weight excluding hydrogens is 236 g/mol. The fraction of sp³-hybridized carbons (Fsp3) is 0.0625. The van der Waals surface area contributed by atoms with E-state index in [-0.39, 0.29) is 5.78 Å². The van der Waals surface area contributed by atoms with Crippen LogP contribution in [0.5, 0.6) is 0 Å². The first-order valence-corrected chi connectivity index (χ1v) is 6.11. The third-order valence-electron chi connectivity index (χ3n) is 2.99. The molecule has 92 valence electrons. The van der Waals surface area contributed by atoms with Gasteiger partial charge in [-0.25, -0.2) is 0 Å². The molecule has 0 amide bonds. The fourth-order valence-corrected chi connectivity index (χ4v) is 2.02. The second-order valence-corrected chi connectivity index (χ2v) is 4.33. The van der Waals surface area contributed by atoms with Crippen molar-refractivity contribution < 1.29 is 4.79 Å². The molecule has 0 aliphatic rings. The molecule has 0 aliphatic heterocycles. The van der Waals surface area contributed by atoms with E-state index in [1.165, 1.54) is 0 Å². The van der Waals surface area contributed by atoms with Crippen LogP contribution >= 0.6 is 0 Å². The van der Waals surface area contributed by atoms with Crippen LogP contribution in [0.3, 0.4) is 0 Å². The number of Topliss-reactive ketones (excluding diaryl/α,β-unsaturated/α-hetero) is 1. The van der Waals surface area contributed by atoms with Crippen molar-refractivity contribution in [3.63, 3.8) is 0 Å². The molecule has 0 saturated heterocycles. The third-order valence-corrected chi connectivity index (χ3v) is 2.99. The maximum atomic E-state index is 12.2. The summed E-state index contributed by atoms with van der Waals surface area (Å²) in [5.41, 5.74) is 2.39. The maximum Gasteiger partial charge on any atom is 0.168 e. The van der Waals surface area contributed by atoms with Gasteiger partial charge >= 0.3 is 0 Å². The predicted octanol–water partition coefficient (Wildman–Crippen LogP) is 3.06. The summed E-state index contributed by atoms with van der Waals surface area (Å²) >= 11 is 0. The van der Waals surface area contributed by atoms with Crippen LogP contribution in [0, 0.1) is 0 Å². The lowest BCUT2D eigenvalue weighted by molar-refractivity contribution is 0.0992. The van der Waals surface area contributed by atoms with Crippen molar-refractivity contribution in [3.05, 3.63) is 72.2 Å². The first kappa shape index (κ1) is 11.5. The zero-order valence-corrected chi connectivity index (χ0v) is 10.3. The number of ketones is 1. The molecule has 2 heterocycles. The number of pyridine rings is 2. The third kappa shape index (κ3) is 2.50. The number of carbonyl (C=O) groups excluding carboxylic acids is 1. The fourth-order valence-electron chi connectivity index (χ4n) is 2.02. The number of carbonyl (C=O) groups is 1. The van der Waals surface area contributed by atoms with Gasteiger partial charge in [-0.2, -0.15) is 0 Å². The quantitative estimate of drug-likeness (QED) is 0.669. The molecule has 0 N–H and O–H groups in total. The summed E-state index contributed by atoms with van der Waals surface area (Å²) < 4.78 is 0. The molecule has 3 heteroatoms. The molecule has 0 spiro atoms. The number of hydrogen-bond acceptors (Lipinski definition) is 3. The number of hydrogen-bond donors (Lipinski definition) is 0. The van der Waals surface area contributed by atoms with Crippen LogP contribution in [0.4, 0.5) is 0 Å². The monoisotopic (exact) mass is 248 g/mol. The Morgan fingerprint density at radius 3 is 2.68 bits per heavy atom. The van der Waals surface area contributed by atoms with Gasteiger partial charge in [0.1, 0.15) is 0 Å². The molecule has 3 rings (SSSR count). The topological polar surface area (TPSA) is 42.9 Å². The van der Waals surface area contributed by atoms with Crippen LogP contribution in [-0.2, 0) is 6.42 Å². The van der Waals surface area contributed by atoms with E-state index in [1.807, 2.05) is 48.5 Å². The summed E-state index contributed by atoms with van der Waals surface area (Å²) in [5.74, 6) is 0.0736. The zero-order valence-electron chi connectivity index (χ0n) is 10.3. The van der Waals surface area contributed by atoms with E-state index >= 15 is 0 Å². The number of rotatable bonds is 3. The lowest BCUT2D eigenvalue weighted by Gasteiger charge is -2.02. The molecular formula is C16H12N2O. The molecule has 19 heavy (non-hydrogen) atoms. The summed E-state index contributed by atoms with van der Waals surface area (Å²) in [4.78, 5) is 20.6. The first-order chi connectivity index (χ1) is 9.33. The largest absolute Gasteiger partial charge is 0.294 e. The van der Waals surface area contributed by atoms with Crippen molar-refractivity contribution in [1.29, 1.82) is 0 Å². The molecule has 0 atom stereocenters. The maximum absolute atomic E-state index is 12.2. The molecule has 0 aliphatic carbocycles. The van der Waals surface area contributed by atoms with E-state index in [9.17, 15) is 4.79 Å². The molecule has 1 aromatic carbocycles. The first-order valence-electron chi connectivity index (χ1n) is 6.11. The van der Waals surface area contributed by atoms with E-state index in [0.29, 0.717) is 12.0 Å². The molecule has 0 fully saturated rings. The van der Waals surface area contributed by atoms with E-state index < -0.39 is 0 Å². The van der Waals surface area contributed by atoms with E-state index in [1.54, 1.807) is 12.4 Å². The Labute approximate surface area is 111 Å². The van der Waals surface area contributed by atoms with Gasteiger partial charge in [0.15, 0.2) is 5.78 Å². The van der Waals surface area contributed by atoms with Crippen LogP contribution in [0.2, 0.25) is 0 Å². The highest BCUT2D eigenvalue weighted by Crippen LogP contribution is 2.14. The summed E-state index contributed by atoms with van der Waals surface area (Å²) in [7, 11) is 0. The number of aromatic nitrogens is 2. The van der Waals surface area contributed by atoms with Crippen molar-refractivity contribution in [2.45, 2.75) is 6.42 Å². The highest BCUT2D eigenvalue weighted by molar-refractivity contribution is 6.00. The molecule has 0 radical (unpaired) electrons. The predicted molar refractivity (Wildman–Crippen MR) is 74.0 cm³/mol. The molecule has 3 aromatic rings. The number of fused-ring (bicyclic) bond motifs is 1. The highest BCUT2D eigenvalue weighted by Gasteiger charge is 2.08. The van der Waals surface area contributed by atoms with Gasteiger partial charge in [-0.3, -0.25) is 14.8 Å². The minimum absolute atomic E-state index is 0.0736.